The second-order valence-electron chi connectivity index (χ2n) is 6.65. The summed E-state index contributed by atoms with van der Waals surface area (Å²) in [5.74, 6) is 1.48. The van der Waals surface area contributed by atoms with Crippen molar-refractivity contribution in [3.8, 4) is 11.4 Å². The number of aliphatic hydroxyl groups is 1. The molecule has 0 unspecified atom stereocenters. The average Bonchev–Trinajstić information content (AvgIpc) is 3.28. The normalized spacial score (nSPS) is 20.0. The fourth-order valence-corrected chi connectivity index (χ4v) is 3.61. The monoisotopic (exact) mass is 344 g/mol. The number of aromatic amines is 1. The van der Waals surface area contributed by atoms with Crippen LogP contribution < -0.4 is 5.32 Å². The second kappa shape index (κ2) is 6.07. The van der Waals surface area contributed by atoms with Crippen molar-refractivity contribution in [1.82, 2.24) is 19.9 Å². The Labute approximate surface area is 150 Å². The molecule has 2 aromatic carbocycles. The first kappa shape index (κ1) is 15.3. The average molecular weight is 344 g/mol. The number of hydrogen-bond donors (Lipinski definition) is 3. The molecule has 3 N–H and O–H groups in total. The summed E-state index contributed by atoms with van der Waals surface area (Å²) in [6.07, 6.45) is 4.60. The lowest BCUT2D eigenvalue weighted by atomic mass is 10.0. The van der Waals surface area contributed by atoms with E-state index >= 15 is 0 Å². The van der Waals surface area contributed by atoms with E-state index in [-0.39, 0.29) is 12.1 Å². The van der Waals surface area contributed by atoms with E-state index < -0.39 is 0 Å². The number of hydrogen-bond acceptors (Lipinski definition) is 5. The predicted octanol–water partition coefficient (Wildman–Crippen LogP) is 3.31. The number of nitrogens with one attached hydrogen (secondary N) is 2. The smallest absolute Gasteiger partial charge is 0.163 e. The summed E-state index contributed by atoms with van der Waals surface area (Å²) < 4.78 is 0. The number of benzene rings is 2. The maximum atomic E-state index is 9.69. The Morgan fingerprint density at radius 3 is 2.85 bits per heavy atom. The summed E-state index contributed by atoms with van der Waals surface area (Å²) in [6, 6.07) is 14.6. The number of imidazole rings is 1. The van der Waals surface area contributed by atoms with Crippen molar-refractivity contribution >= 4 is 27.8 Å². The van der Waals surface area contributed by atoms with Crippen molar-refractivity contribution in [3.05, 3.63) is 55.2 Å². The first-order valence-electron chi connectivity index (χ1n) is 8.75. The van der Waals surface area contributed by atoms with Gasteiger partial charge in [-0.1, -0.05) is 42.5 Å². The first-order chi connectivity index (χ1) is 12.8. The van der Waals surface area contributed by atoms with Gasteiger partial charge < -0.3 is 15.4 Å². The summed E-state index contributed by atoms with van der Waals surface area (Å²) in [4.78, 5) is 16.8. The Bertz CT molecular complexity index is 1080. The van der Waals surface area contributed by atoms with Gasteiger partial charge in [0.15, 0.2) is 17.0 Å². The number of H-pyrrole nitrogens is 1. The molecule has 0 saturated heterocycles. The van der Waals surface area contributed by atoms with E-state index in [1.165, 1.54) is 11.7 Å². The molecule has 0 aliphatic heterocycles. The van der Waals surface area contributed by atoms with Gasteiger partial charge in [0.1, 0.15) is 12.2 Å². The number of aliphatic hydroxyl groups excluding tert-OH is 1. The zero-order valence-electron chi connectivity index (χ0n) is 14.1. The number of rotatable bonds is 3. The van der Waals surface area contributed by atoms with Crippen LogP contribution in [0.2, 0.25) is 0 Å². The van der Waals surface area contributed by atoms with Gasteiger partial charge in [-0.25, -0.2) is 15.0 Å². The minimum absolute atomic E-state index is 0.167. The van der Waals surface area contributed by atoms with Crippen LogP contribution in [0.1, 0.15) is 12.8 Å². The van der Waals surface area contributed by atoms with Crippen LogP contribution in [-0.2, 0) is 0 Å². The van der Waals surface area contributed by atoms with Crippen molar-refractivity contribution in [2.45, 2.75) is 25.0 Å². The zero-order valence-corrected chi connectivity index (χ0v) is 14.1. The van der Waals surface area contributed by atoms with Crippen molar-refractivity contribution < 1.29 is 5.11 Å². The van der Waals surface area contributed by atoms with Crippen LogP contribution in [-0.4, -0.2) is 37.2 Å². The van der Waals surface area contributed by atoms with Crippen LogP contribution in [0.25, 0.3) is 33.3 Å². The Hall–Kier alpha value is -2.99. The maximum absolute atomic E-state index is 9.69. The molecule has 1 aliphatic rings. The molecule has 1 saturated carbocycles. The van der Waals surface area contributed by atoms with E-state index in [0.29, 0.717) is 17.9 Å². The van der Waals surface area contributed by atoms with Crippen molar-refractivity contribution in [2.24, 2.45) is 0 Å². The molecule has 0 bridgehead atoms. The summed E-state index contributed by atoms with van der Waals surface area (Å²) in [5, 5.41) is 15.4. The van der Waals surface area contributed by atoms with Gasteiger partial charge in [-0.2, -0.15) is 0 Å². The molecule has 26 heavy (non-hydrogen) atoms. The largest absolute Gasteiger partial charge is 0.393 e. The number of anilines is 1. The fraction of sp³-hybridized carbons (Fsp3) is 0.200. The Morgan fingerprint density at radius 1 is 1.08 bits per heavy atom. The molecule has 129 valence electrons. The van der Waals surface area contributed by atoms with E-state index in [1.807, 2.05) is 24.6 Å². The quantitative estimate of drug-likeness (QED) is 0.531. The molecule has 2 atom stereocenters. The highest BCUT2D eigenvalue weighted by molar-refractivity contribution is 5.97. The molecular formula is C20H18N5O. The van der Waals surface area contributed by atoms with Crippen molar-refractivity contribution in [1.29, 1.82) is 0 Å². The minimum Gasteiger partial charge on any atom is -0.393 e. The Balaban J connectivity index is 1.58. The van der Waals surface area contributed by atoms with Gasteiger partial charge in [-0.3, -0.25) is 0 Å². The maximum Gasteiger partial charge on any atom is 0.163 e. The lowest BCUT2D eigenvalue weighted by molar-refractivity contribution is 0.213. The third-order valence-electron chi connectivity index (χ3n) is 4.89. The topological polar surface area (TPSA) is 86.7 Å². The van der Waals surface area contributed by atoms with Gasteiger partial charge in [-0.15, -0.1) is 0 Å². The van der Waals surface area contributed by atoms with E-state index in [9.17, 15) is 5.11 Å². The molecule has 4 aromatic rings. The van der Waals surface area contributed by atoms with E-state index in [4.69, 9.17) is 4.98 Å². The van der Waals surface area contributed by atoms with Gasteiger partial charge in [0.2, 0.25) is 0 Å². The molecule has 6 nitrogen and oxygen atoms in total. The van der Waals surface area contributed by atoms with Gasteiger partial charge in [-0.05, 0) is 30.0 Å². The highest BCUT2D eigenvalue weighted by Crippen LogP contribution is 2.30. The van der Waals surface area contributed by atoms with Crippen LogP contribution in [0.4, 0.5) is 5.82 Å². The fourth-order valence-electron chi connectivity index (χ4n) is 3.61. The minimum atomic E-state index is -0.352. The molecule has 6 heteroatoms. The standard InChI is InChI=1S/C20H18N5O/c26-14-9-8-13(10-14)23-19-17-20(22-11-21-19)25-18(24-17)16-7-3-5-12-4-1-2-6-15(12)16/h1-7,9,11,13-14,26H,8,10H2,(H2,21,22,23,24,25)/t13-,14+/m1/s1. The molecule has 2 heterocycles. The highest BCUT2D eigenvalue weighted by atomic mass is 16.3. The summed E-state index contributed by atoms with van der Waals surface area (Å²) in [6.45, 7) is 0. The lowest BCUT2D eigenvalue weighted by Gasteiger charge is -2.12. The highest BCUT2D eigenvalue weighted by Gasteiger charge is 2.24. The van der Waals surface area contributed by atoms with Crippen molar-refractivity contribution in [3.63, 3.8) is 0 Å². The van der Waals surface area contributed by atoms with E-state index in [2.05, 4.69) is 44.5 Å². The van der Waals surface area contributed by atoms with E-state index in [1.54, 1.807) is 0 Å². The third kappa shape index (κ3) is 2.59. The number of aromatic nitrogens is 4. The molecular weight excluding hydrogens is 326 g/mol. The lowest BCUT2D eigenvalue weighted by Crippen LogP contribution is -2.17. The summed E-state index contributed by atoms with van der Waals surface area (Å²) >= 11 is 0. The number of fused-ring (bicyclic) bond motifs is 2. The first-order valence-corrected chi connectivity index (χ1v) is 8.75. The van der Waals surface area contributed by atoms with Crippen LogP contribution in [0, 0.1) is 6.42 Å². The van der Waals surface area contributed by atoms with E-state index in [0.717, 1.165) is 28.7 Å². The molecule has 0 spiro atoms. The second-order valence-corrected chi connectivity index (χ2v) is 6.65. The molecule has 0 amide bonds. The SMILES string of the molecule is O[C@H]1[CH]C[C@@H](Nc2ncnc3[nH]c(-c4cccc5ccccc45)nc23)C1. The van der Waals surface area contributed by atoms with Gasteiger partial charge in [0.05, 0.1) is 6.10 Å². The molecule has 2 aromatic heterocycles. The predicted molar refractivity (Wildman–Crippen MR) is 102 cm³/mol. The summed E-state index contributed by atoms with van der Waals surface area (Å²) in [7, 11) is 0. The van der Waals surface area contributed by atoms with Crippen LogP contribution in [0.5, 0.6) is 0 Å². The van der Waals surface area contributed by atoms with Crippen LogP contribution in [0.15, 0.2) is 48.8 Å². The van der Waals surface area contributed by atoms with Crippen LogP contribution >= 0.6 is 0 Å². The van der Waals surface area contributed by atoms with Gasteiger partial charge in [0.25, 0.3) is 0 Å². The van der Waals surface area contributed by atoms with Gasteiger partial charge in [0, 0.05) is 11.6 Å². The molecule has 1 aliphatic carbocycles. The Kier molecular flexibility index (Phi) is 3.57. The molecule has 1 radical (unpaired) electrons. The number of nitrogens with zero attached hydrogens (tertiary/aromatic N) is 3. The van der Waals surface area contributed by atoms with Crippen molar-refractivity contribution in [2.75, 3.05) is 5.32 Å². The molecule has 5 rings (SSSR count). The summed E-state index contributed by atoms with van der Waals surface area (Å²) in [5.41, 5.74) is 2.46. The van der Waals surface area contributed by atoms with Crippen LogP contribution in [0.3, 0.4) is 0 Å². The molecule has 1 fully saturated rings. The third-order valence-corrected chi connectivity index (χ3v) is 4.89. The Morgan fingerprint density at radius 2 is 1.96 bits per heavy atom. The zero-order chi connectivity index (χ0) is 17.5. The van der Waals surface area contributed by atoms with Gasteiger partial charge >= 0.3 is 0 Å².